The molecule has 0 aliphatic heterocycles. The second-order valence-corrected chi connectivity index (χ2v) is 5.46. The fourth-order valence-electron chi connectivity index (χ4n) is 2.31. The lowest BCUT2D eigenvalue weighted by atomic mass is 10.1. The first kappa shape index (κ1) is 18.6. The van der Waals surface area contributed by atoms with Crippen LogP contribution in [0.4, 0.5) is 13.2 Å². The number of nitrogens with one attached hydrogen (secondary N) is 1. The molecule has 0 bridgehead atoms. The number of benzene rings is 2. The van der Waals surface area contributed by atoms with Crippen LogP contribution >= 0.6 is 0 Å². The number of carbonyl (C=O) groups is 1. The third-order valence-corrected chi connectivity index (χ3v) is 3.54. The number of alkyl halides is 3. The Kier molecular flexibility index (Phi) is 6.64. The van der Waals surface area contributed by atoms with Gasteiger partial charge in [0.05, 0.1) is 12.1 Å². The Balaban J connectivity index is 1.78. The molecule has 0 aliphatic rings. The first-order valence-electron chi connectivity index (χ1n) is 7.92. The molecule has 25 heavy (non-hydrogen) atoms. The molecule has 0 heterocycles. The standard InChI is InChI=1S/C20H18F3NO/c21-20(22,23)18-13-5-4-11-17(18)12-7-15-24-19(25)14-6-10-16-8-2-1-3-9-16/h1-5,8-9,11,13H,6,10,14-15H2,(H,24,25). The van der Waals surface area contributed by atoms with Crippen molar-refractivity contribution in [1.29, 1.82) is 0 Å². The molecule has 1 amide bonds. The summed E-state index contributed by atoms with van der Waals surface area (Å²) < 4.78 is 38.5. The Morgan fingerprint density at radius 1 is 1.00 bits per heavy atom. The molecule has 0 aromatic heterocycles. The number of amides is 1. The third-order valence-electron chi connectivity index (χ3n) is 3.54. The summed E-state index contributed by atoms with van der Waals surface area (Å²) in [6, 6.07) is 15.0. The average Bonchev–Trinajstić information content (AvgIpc) is 2.59. The molecule has 2 rings (SSSR count). The van der Waals surface area contributed by atoms with E-state index in [1.807, 2.05) is 30.3 Å². The maximum atomic E-state index is 12.8. The zero-order valence-electron chi connectivity index (χ0n) is 13.6. The van der Waals surface area contributed by atoms with Crippen molar-refractivity contribution in [2.75, 3.05) is 6.54 Å². The molecule has 0 fully saturated rings. The van der Waals surface area contributed by atoms with Crippen LogP contribution in [0, 0.1) is 11.8 Å². The molecule has 0 unspecified atom stereocenters. The van der Waals surface area contributed by atoms with E-state index in [0.29, 0.717) is 12.8 Å². The van der Waals surface area contributed by atoms with Gasteiger partial charge in [-0.3, -0.25) is 4.79 Å². The van der Waals surface area contributed by atoms with Gasteiger partial charge in [-0.25, -0.2) is 0 Å². The maximum Gasteiger partial charge on any atom is 0.417 e. The highest BCUT2D eigenvalue weighted by atomic mass is 19.4. The maximum absolute atomic E-state index is 12.8. The summed E-state index contributed by atoms with van der Waals surface area (Å²) in [6.07, 6.45) is -2.57. The van der Waals surface area contributed by atoms with E-state index in [4.69, 9.17) is 0 Å². The highest BCUT2D eigenvalue weighted by Crippen LogP contribution is 2.31. The van der Waals surface area contributed by atoms with Crippen molar-refractivity contribution in [2.24, 2.45) is 0 Å². The Morgan fingerprint density at radius 2 is 1.68 bits per heavy atom. The molecule has 130 valence electrons. The molecule has 0 spiro atoms. The van der Waals surface area contributed by atoms with Gasteiger partial charge in [0.15, 0.2) is 0 Å². The molecule has 0 aliphatic carbocycles. The molecular formula is C20H18F3NO. The minimum Gasteiger partial charge on any atom is -0.345 e. The van der Waals surface area contributed by atoms with Crippen LogP contribution in [0.15, 0.2) is 54.6 Å². The van der Waals surface area contributed by atoms with Gasteiger partial charge in [0.1, 0.15) is 0 Å². The lowest BCUT2D eigenvalue weighted by molar-refractivity contribution is -0.137. The highest BCUT2D eigenvalue weighted by Gasteiger charge is 2.32. The fraction of sp³-hybridized carbons (Fsp3) is 0.250. The second-order valence-electron chi connectivity index (χ2n) is 5.46. The van der Waals surface area contributed by atoms with Crippen molar-refractivity contribution in [3.63, 3.8) is 0 Å². The average molecular weight is 345 g/mol. The molecule has 0 saturated heterocycles. The van der Waals surface area contributed by atoms with Gasteiger partial charge in [0.2, 0.25) is 5.91 Å². The number of aryl methyl sites for hydroxylation is 1. The Morgan fingerprint density at radius 3 is 2.40 bits per heavy atom. The van der Waals surface area contributed by atoms with Gasteiger partial charge < -0.3 is 5.32 Å². The SMILES string of the molecule is O=C(CCCc1ccccc1)NCC#Cc1ccccc1C(F)(F)F. The van der Waals surface area contributed by atoms with Crippen LogP contribution in [-0.4, -0.2) is 12.5 Å². The van der Waals surface area contributed by atoms with Crippen molar-refractivity contribution in [3.05, 3.63) is 71.3 Å². The van der Waals surface area contributed by atoms with Crippen LogP contribution in [0.5, 0.6) is 0 Å². The van der Waals surface area contributed by atoms with Gasteiger partial charge in [-0.2, -0.15) is 13.2 Å². The first-order valence-corrected chi connectivity index (χ1v) is 7.92. The lowest BCUT2D eigenvalue weighted by Gasteiger charge is -2.08. The summed E-state index contributed by atoms with van der Waals surface area (Å²) in [4.78, 5) is 11.7. The van der Waals surface area contributed by atoms with Crippen LogP contribution in [0.3, 0.4) is 0 Å². The Labute approximate surface area is 145 Å². The van der Waals surface area contributed by atoms with Gasteiger partial charge in [0, 0.05) is 12.0 Å². The molecule has 5 heteroatoms. The topological polar surface area (TPSA) is 29.1 Å². The number of carbonyl (C=O) groups excluding carboxylic acids is 1. The minimum absolute atomic E-state index is 0.0242. The van der Waals surface area contributed by atoms with Gasteiger partial charge in [-0.1, -0.05) is 54.3 Å². The molecule has 0 radical (unpaired) electrons. The van der Waals surface area contributed by atoms with E-state index < -0.39 is 11.7 Å². The molecule has 0 saturated carbocycles. The van der Waals surface area contributed by atoms with Crippen LogP contribution in [0.2, 0.25) is 0 Å². The molecule has 2 aromatic rings. The van der Waals surface area contributed by atoms with E-state index in [-0.39, 0.29) is 18.0 Å². The molecule has 0 atom stereocenters. The first-order chi connectivity index (χ1) is 12.0. The molecular weight excluding hydrogens is 327 g/mol. The fourth-order valence-corrected chi connectivity index (χ4v) is 2.31. The summed E-state index contributed by atoms with van der Waals surface area (Å²) in [5.41, 5.74) is 0.309. The van der Waals surface area contributed by atoms with Gasteiger partial charge >= 0.3 is 6.18 Å². The van der Waals surface area contributed by atoms with Crippen LogP contribution < -0.4 is 5.32 Å². The number of hydrogen-bond donors (Lipinski definition) is 1. The van der Waals surface area contributed by atoms with Crippen molar-refractivity contribution in [3.8, 4) is 11.8 Å². The summed E-state index contributed by atoms with van der Waals surface area (Å²) in [5, 5.41) is 2.60. The van der Waals surface area contributed by atoms with E-state index in [1.165, 1.54) is 23.8 Å². The van der Waals surface area contributed by atoms with Crippen LogP contribution in [0.1, 0.15) is 29.5 Å². The summed E-state index contributed by atoms with van der Waals surface area (Å²) in [6.45, 7) is 0.0242. The van der Waals surface area contributed by atoms with Crippen LogP contribution in [0.25, 0.3) is 0 Å². The second kappa shape index (κ2) is 8.93. The van der Waals surface area contributed by atoms with Gasteiger partial charge in [-0.05, 0) is 30.5 Å². The van der Waals surface area contributed by atoms with Crippen molar-refractivity contribution >= 4 is 5.91 Å². The third kappa shape index (κ3) is 6.34. The monoisotopic (exact) mass is 345 g/mol. The number of hydrogen-bond acceptors (Lipinski definition) is 1. The summed E-state index contributed by atoms with van der Waals surface area (Å²) in [7, 11) is 0. The predicted octanol–water partition coefficient (Wildman–Crippen LogP) is 4.20. The highest BCUT2D eigenvalue weighted by molar-refractivity contribution is 5.76. The zero-order chi connectivity index (χ0) is 18.1. The molecule has 2 nitrogen and oxygen atoms in total. The van der Waals surface area contributed by atoms with Crippen molar-refractivity contribution in [2.45, 2.75) is 25.4 Å². The normalized spacial score (nSPS) is 10.7. The van der Waals surface area contributed by atoms with Crippen molar-refractivity contribution < 1.29 is 18.0 Å². The van der Waals surface area contributed by atoms with Gasteiger partial charge in [-0.15, -0.1) is 0 Å². The number of halogens is 3. The largest absolute Gasteiger partial charge is 0.417 e. The van der Waals surface area contributed by atoms with E-state index >= 15 is 0 Å². The smallest absolute Gasteiger partial charge is 0.345 e. The van der Waals surface area contributed by atoms with E-state index in [2.05, 4.69) is 17.2 Å². The van der Waals surface area contributed by atoms with E-state index in [1.54, 1.807) is 0 Å². The van der Waals surface area contributed by atoms with Crippen LogP contribution in [-0.2, 0) is 17.4 Å². The quantitative estimate of drug-likeness (QED) is 0.809. The predicted molar refractivity (Wildman–Crippen MR) is 90.7 cm³/mol. The Hall–Kier alpha value is -2.74. The van der Waals surface area contributed by atoms with Crippen molar-refractivity contribution in [1.82, 2.24) is 5.32 Å². The molecule has 1 N–H and O–H groups in total. The Bertz CT molecular complexity index is 758. The van der Waals surface area contributed by atoms with E-state index in [0.717, 1.165) is 12.5 Å². The molecule has 2 aromatic carbocycles. The van der Waals surface area contributed by atoms with Gasteiger partial charge in [0.25, 0.3) is 0 Å². The minimum atomic E-state index is -4.44. The van der Waals surface area contributed by atoms with E-state index in [9.17, 15) is 18.0 Å². The lowest BCUT2D eigenvalue weighted by Crippen LogP contribution is -2.23. The summed E-state index contributed by atoms with van der Waals surface area (Å²) in [5.74, 6) is 4.89. The zero-order valence-corrected chi connectivity index (χ0v) is 13.6. The number of rotatable bonds is 5. The summed E-state index contributed by atoms with van der Waals surface area (Å²) >= 11 is 0.